The number of pyridine rings is 1. The van der Waals surface area contributed by atoms with Crippen LogP contribution in [0.15, 0.2) is 24.4 Å². The molecule has 0 unspecified atom stereocenters. The maximum absolute atomic E-state index is 14.0. The van der Waals surface area contributed by atoms with Gasteiger partial charge in [0.15, 0.2) is 11.6 Å². The van der Waals surface area contributed by atoms with E-state index in [9.17, 15) is 18.0 Å². The van der Waals surface area contributed by atoms with Gasteiger partial charge in [0.25, 0.3) is 0 Å². The van der Waals surface area contributed by atoms with Crippen LogP contribution < -0.4 is 0 Å². The van der Waals surface area contributed by atoms with Crippen molar-refractivity contribution in [3.63, 3.8) is 0 Å². The van der Waals surface area contributed by atoms with E-state index in [0.717, 1.165) is 28.0 Å². The monoisotopic (exact) mass is 405 g/mol. The molecule has 0 amide bonds. The van der Waals surface area contributed by atoms with E-state index in [2.05, 4.69) is 9.97 Å². The van der Waals surface area contributed by atoms with Gasteiger partial charge >= 0.3 is 5.97 Å². The second-order valence-electron chi connectivity index (χ2n) is 6.30. The fourth-order valence-electron chi connectivity index (χ4n) is 3.06. The summed E-state index contributed by atoms with van der Waals surface area (Å²) in [7, 11) is 1.30. The Hall–Kier alpha value is -2.94. The zero-order valence-electron chi connectivity index (χ0n) is 14.9. The van der Waals surface area contributed by atoms with E-state index in [1.54, 1.807) is 10.8 Å². The number of aromatic nitrogens is 3. The number of halogens is 3. The molecule has 0 aliphatic carbocycles. The molecule has 144 valence electrons. The van der Waals surface area contributed by atoms with E-state index in [1.807, 2.05) is 19.1 Å². The summed E-state index contributed by atoms with van der Waals surface area (Å²) in [5.41, 5.74) is 1.85. The fourth-order valence-corrected chi connectivity index (χ4v) is 4.05. The van der Waals surface area contributed by atoms with E-state index >= 15 is 0 Å². The molecule has 3 heterocycles. The number of nitrogens with zero attached hydrogens (tertiary/aromatic N) is 3. The molecule has 0 fully saturated rings. The van der Waals surface area contributed by atoms with Crippen molar-refractivity contribution in [2.24, 2.45) is 0 Å². The number of fused-ring (bicyclic) bond motifs is 2. The molecule has 0 atom stereocenters. The van der Waals surface area contributed by atoms with Gasteiger partial charge in [0, 0.05) is 29.8 Å². The molecule has 9 heteroatoms. The highest BCUT2D eigenvalue weighted by atomic mass is 32.1. The lowest BCUT2D eigenvalue weighted by Gasteiger charge is -2.03. The van der Waals surface area contributed by atoms with E-state index in [1.165, 1.54) is 7.11 Å². The highest BCUT2D eigenvalue weighted by Gasteiger charge is 2.19. The highest BCUT2D eigenvalue weighted by Crippen LogP contribution is 2.31. The number of carbonyl (C=O) groups is 1. The minimum absolute atomic E-state index is 0.0161. The van der Waals surface area contributed by atoms with Gasteiger partial charge in [-0.25, -0.2) is 23.1 Å². The Kier molecular flexibility index (Phi) is 4.54. The number of esters is 1. The van der Waals surface area contributed by atoms with Gasteiger partial charge in [0.1, 0.15) is 23.5 Å². The zero-order chi connectivity index (χ0) is 20.0. The first-order valence-corrected chi connectivity index (χ1v) is 9.14. The number of aryl methyl sites for hydroxylation is 1. The molecule has 3 aromatic heterocycles. The maximum Gasteiger partial charge on any atom is 0.325 e. The Bertz CT molecular complexity index is 1230. The minimum atomic E-state index is -1.27. The number of methoxy groups -OCH3 is 1. The third kappa shape index (κ3) is 3.11. The van der Waals surface area contributed by atoms with Crippen LogP contribution in [0.2, 0.25) is 0 Å². The van der Waals surface area contributed by atoms with Crippen LogP contribution in [0.5, 0.6) is 0 Å². The van der Waals surface area contributed by atoms with Gasteiger partial charge in [-0.2, -0.15) is 0 Å². The van der Waals surface area contributed by atoms with Gasteiger partial charge in [-0.15, -0.1) is 11.3 Å². The normalized spacial score (nSPS) is 11.5. The largest absolute Gasteiger partial charge is 0.468 e. The molecular formula is C19H14F3N3O2S. The molecule has 0 aliphatic rings. The smallest absolute Gasteiger partial charge is 0.325 e. The van der Waals surface area contributed by atoms with Crippen LogP contribution in [0.3, 0.4) is 0 Å². The molecule has 1 aromatic carbocycles. The molecule has 0 radical (unpaired) electrons. The van der Waals surface area contributed by atoms with Crippen molar-refractivity contribution in [2.45, 2.75) is 19.9 Å². The minimum Gasteiger partial charge on any atom is -0.468 e. The first-order valence-electron chi connectivity index (χ1n) is 8.32. The van der Waals surface area contributed by atoms with Gasteiger partial charge in [-0.1, -0.05) is 0 Å². The molecular weight excluding hydrogens is 391 g/mol. The van der Waals surface area contributed by atoms with Gasteiger partial charge in [-0.3, -0.25) is 4.79 Å². The lowest BCUT2D eigenvalue weighted by atomic mass is 10.1. The summed E-state index contributed by atoms with van der Waals surface area (Å²) in [6.45, 7) is 1.82. The van der Waals surface area contributed by atoms with Crippen molar-refractivity contribution in [2.75, 3.05) is 7.11 Å². The van der Waals surface area contributed by atoms with Gasteiger partial charge in [0.05, 0.1) is 16.8 Å². The molecule has 0 bridgehead atoms. The number of hydrogen-bond donors (Lipinski definition) is 0. The third-order valence-electron chi connectivity index (χ3n) is 4.37. The summed E-state index contributed by atoms with van der Waals surface area (Å²) in [5.74, 6) is -3.70. The topological polar surface area (TPSA) is 57.0 Å². The molecule has 4 aromatic rings. The lowest BCUT2D eigenvalue weighted by molar-refractivity contribution is -0.141. The average molecular weight is 405 g/mol. The molecule has 28 heavy (non-hydrogen) atoms. The first kappa shape index (κ1) is 18.4. The molecule has 0 spiro atoms. The van der Waals surface area contributed by atoms with Gasteiger partial charge in [0.2, 0.25) is 0 Å². The maximum atomic E-state index is 14.0. The Balaban J connectivity index is 1.80. The van der Waals surface area contributed by atoms with Crippen LogP contribution in [0.4, 0.5) is 13.2 Å². The quantitative estimate of drug-likeness (QED) is 0.378. The van der Waals surface area contributed by atoms with Crippen LogP contribution in [0.1, 0.15) is 16.3 Å². The van der Waals surface area contributed by atoms with E-state index in [-0.39, 0.29) is 23.2 Å². The molecule has 0 saturated heterocycles. The number of rotatable bonds is 4. The Morgan fingerprint density at radius 3 is 2.75 bits per heavy atom. The number of hydrogen-bond acceptors (Lipinski definition) is 5. The zero-order valence-corrected chi connectivity index (χ0v) is 15.7. The number of benzene rings is 1. The van der Waals surface area contributed by atoms with E-state index in [4.69, 9.17) is 4.74 Å². The summed E-state index contributed by atoms with van der Waals surface area (Å²) in [6, 6.07) is 4.23. The van der Waals surface area contributed by atoms with Crippen molar-refractivity contribution in [1.82, 2.24) is 14.5 Å². The Labute approximate surface area is 161 Å². The summed E-state index contributed by atoms with van der Waals surface area (Å²) >= 11 is 0.967. The van der Waals surface area contributed by atoms with Crippen molar-refractivity contribution in [3.05, 3.63) is 58.1 Å². The first-order chi connectivity index (χ1) is 13.4. The molecule has 5 nitrogen and oxygen atoms in total. The summed E-state index contributed by atoms with van der Waals surface area (Å²) in [4.78, 5) is 20.3. The van der Waals surface area contributed by atoms with Gasteiger partial charge in [-0.05, 0) is 24.6 Å². The summed E-state index contributed by atoms with van der Waals surface area (Å²) < 4.78 is 47.7. The SMILES string of the molecule is COC(=O)Cn1cc(Cc2nc3c(F)c(F)cc(F)c3s2)c2ccc(C)nc21. The highest BCUT2D eigenvalue weighted by molar-refractivity contribution is 7.18. The Morgan fingerprint density at radius 2 is 2.00 bits per heavy atom. The number of carbonyl (C=O) groups excluding carboxylic acids is 1. The van der Waals surface area contributed by atoms with Crippen LogP contribution >= 0.6 is 11.3 Å². The van der Waals surface area contributed by atoms with Crippen molar-refractivity contribution < 1.29 is 22.7 Å². The van der Waals surface area contributed by atoms with Crippen LogP contribution in [-0.2, 0) is 22.5 Å². The second kappa shape index (κ2) is 6.90. The predicted octanol–water partition coefficient (Wildman–Crippen LogP) is 4.14. The van der Waals surface area contributed by atoms with E-state index < -0.39 is 23.4 Å². The fraction of sp³-hybridized carbons (Fsp3) is 0.211. The number of thiazole rings is 1. The second-order valence-corrected chi connectivity index (χ2v) is 7.38. The lowest BCUT2D eigenvalue weighted by Crippen LogP contribution is -2.11. The van der Waals surface area contributed by atoms with Crippen LogP contribution in [0, 0.1) is 24.4 Å². The van der Waals surface area contributed by atoms with Crippen molar-refractivity contribution >= 4 is 38.6 Å². The predicted molar refractivity (Wildman–Crippen MR) is 98.8 cm³/mol. The molecule has 0 aliphatic heterocycles. The van der Waals surface area contributed by atoms with Crippen molar-refractivity contribution in [1.29, 1.82) is 0 Å². The van der Waals surface area contributed by atoms with Crippen LogP contribution in [0.25, 0.3) is 21.3 Å². The number of ether oxygens (including phenoxy) is 1. The molecule has 4 rings (SSSR count). The summed E-state index contributed by atoms with van der Waals surface area (Å²) in [6.07, 6.45) is 2.00. The van der Waals surface area contributed by atoms with Crippen molar-refractivity contribution in [3.8, 4) is 0 Å². The molecule has 0 N–H and O–H groups in total. The Morgan fingerprint density at radius 1 is 1.21 bits per heavy atom. The average Bonchev–Trinajstić information content (AvgIpc) is 3.22. The van der Waals surface area contributed by atoms with Gasteiger partial charge < -0.3 is 9.30 Å². The third-order valence-corrected chi connectivity index (χ3v) is 5.44. The summed E-state index contributed by atoms with van der Waals surface area (Å²) in [5, 5.41) is 1.22. The molecule has 0 saturated carbocycles. The van der Waals surface area contributed by atoms with Crippen LogP contribution in [-0.4, -0.2) is 27.6 Å². The van der Waals surface area contributed by atoms with E-state index in [0.29, 0.717) is 16.7 Å². The standard InChI is InChI=1S/C19H14F3N3O2S/c1-9-3-4-11-10(7-25(19(11)23-9)8-15(26)27-2)5-14-24-17-16(22)12(20)6-13(21)18(17)28-14/h3-4,6-7H,5,8H2,1-2H3.